The van der Waals surface area contributed by atoms with Gasteiger partial charge in [-0.2, -0.15) is 0 Å². The molecule has 0 heterocycles. The summed E-state index contributed by atoms with van der Waals surface area (Å²) in [7, 11) is -3.27. The second-order valence-corrected chi connectivity index (χ2v) is 4.35. The molecular weight excluding hydrogens is 217 g/mol. The van der Waals surface area contributed by atoms with Gasteiger partial charge in [0.15, 0.2) is 9.84 Å². The van der Waals surface area contributed by atoms with Crippen molar-refractivity contribution in [1.82, 2.24) is 0 Å². The standard InChI is InChI=1S/C7H7FO2S.CH2F2/c1-11(9,10)7-4-2-3-6(8)5-7;2-1-3/h2-5H,1H3;1H2. The molecule has 0 bridgehead atoms. The number of rotatable bonds is 1. The fourth-order valence-corrected chi connectivity index (χ4v) is 1.35. The third-order valence-corrected chi connectivity index (χ3v) is 2.33. The van der Waals surface area contributed by atoms with Crippen LogP contribution in [0.5, 0.6) is 0 Å². The van der Waals surface area contributed by atoms with Gasteiger partial charge in [0.25, 0.3) is 0 Å². The van der Waals surface area contributed by atoms with E-state index in [0.29, 0.717) is 0 Å². The Bertz CT molecular complexity index is 376. The van der Waals surface area contributed by atoms with Crippen LogP contribution in [0.3, 0.4) is 0 Å². The third-order valence-electron chi connectivity index (χ3n) is 1.22. The molecule has 0 N–H and O–H groups in total. The summed E-state index contributed by atoms with van der Waals surface area (Å²) in [6.45, 7) is -1.75. The van der Waals surface area contributed by atoms with Gasteiger partial charge in [-0.25, -0.2) is 21.6 Å². The number of hydrogen-bond acceptors (Lipinski definition) is 2. The van der Waals surface area contributed by atoms with E-state index in [0.717, 1.165) is 12.3 Å². The van der Waals surface area contributed by atoms with Gasteiger partial charge in [0, 0.05) is 6.26 Å². The Kier molecular flexibility index (Phi) is 5.22. The first kappa shape index (κ1) is 13.0. The molecule has 0 atom stereocenters. The topological polar surface area (TPSA) is 34.1 Å². The number of sulfone groups is 1. The van der Waals surface area contributed by atoms with Crippen molar-refractivity contribution in [1.29, 1.82) is 0 Å². The molecule has 0 aromatic heterocycles. The first-order valence-corrected chi connectivity index (χ1v) is 5.38. The lowest BCUT2D eigenvalue weighted by molar-refractivity contribution is 0.295. The van der Waals surface area contributed by atoms with Crippen molar-refractivity contribution in [2.75, 3.05) is 13.2 Å². The lowest BCUT2D eigenvalue weighted by Gasteiger charge is -1.95. The molecule has 0 radical (unpaired) electrons. The third kappa shape index (κ3) is 4.86. The number of alkyl halides is 2. The Morgan fingerprint density at radius 2 is 1.79 bits per heavy atom. The van der Waals surface area contributed by atoms with E-state index >= 15 is 0 Å². The highest BCUT2D eigenvalue weighted by Crippen LogP contribution is 2.09. The summed E-state index contributed by atoms with van der Waals surface area (Å²) in [6.07, 6.45) is 1.04. The van der Waals surface area contributed by atoms with E-state index < -0.39 is 22.6 Å². The van der Waals surface area contributed by atoms with Gasteiger partial charge in [-0.15, -0.1) is 0 Å². The summed E-state index contributed by atoms with van der Waals surface area (Å²) in [5, 5.41) is 0. The zero-order valence-corrected chi connectivity index (χ0v) is 8.19. The zero-order valence-electron chi connectivity index (χ0n) is 7.38. The summed E-state index contributed by atoms with van der Waals surface area (Å²) in [5.74, 6) is -0.534. The van der Waals surface area contributed by atoms with Gasteiger partial charge in [-0.3, -0.25) is 0 Å². The zero-order chi connectivity index (χ0) is 11.2. The van der Waals surface area contributed by atoms with E-state index in [9.17, 15) is 21.6 Å². The summed E-state index contributed by atoms with van der Waals surface area (Å²) in [6, 6.07) is 4.92. The molecule has 0 aliphatic carbocycles. The van der Waals surface area contributed by atoms with Crippen LogP contribution >= 0.6 is 0 Å². The molecule has 2 nitrogen and oxygen atoms in total. The molecule has 6 heteroatoms. The first-order chi connectivity index (χ1) is 6.41. The van der Waals surface area contributed by atoms with Gasteiger partial charge in [0.1, 0.15) is 5.82 Å². The fourth-order valence-electron chi connectivity index (χ4n) is 0.698. The van der Waals surface area contributed by atoms with Gasteiger partial charge in [-0.05, 0) is 18.2 Å². The van der Waals surface area contributed by atoms with E-state index in [1.807, 2.05) is 0 Å². The highest BCUT2D eigenvalue weighted by molar-refractivity contribution is 7.90. The molecule has 0 amide bonds. The van der Waals surface area contributed by atoms with Gasteiger partial charge in [-0.1, -0.05) is 6.07 Å². The highest BCUT2D eigenvalue weighted by atomic mass is 32.2. The van der Waals surface area contributed by atoms with Crippen molar-refractivity contribution in [2.45, 2.75) is 4.90 Å². The van der Waals surface area contributed by atoms with Gasteiger partial charge < -0.3 is 0 Å². The average molecular weight is 226 g/mol. The molecule has 1 aromatic carbocycles. The summed E-state index contributed by atoms with van der Waals surface area (Å²) in [5.41, 5.74) is 0. The van der Waals surface area contributed by atoms with Gasteiger partial charge in [0.2, 0.25) is 6.93 Å². The molecular formula is C8H9F3O2S. The molecule has 0 aliphatic heterocycles. The van der Waals surface area contributed by atoms with Gasteiger partial charge in [0.05, 0.1) is 4.90 Å². The minimum atomic E-state index is -3.27. The fraction of sp³-hybridized carbons (Fsp3) is 0.250. The summed E-state index contributed by atoms with van der Waals surface area (Å²) < 4.78 is 53.3. The lowest BCUT2D eigenvalue weighted by atomic mass is 10.4. The minimum Gasteiger partial charge on any atom is -0.224 e. The normalized spacial score (nSPS) is 10.3. The van der Waals surface area contributed by atoms with E-state index in [-0.39, 0.29) is 4.90 Å². The van der Waals surface area contributed by atoms with Crippen molar-refractivity contribution >= 4 is 9.84 Å². The predicted molar refractivity (Wildman–Crippen MR) is 46.6 cm³/mol. The van der Waals surface area contributed by atoms with Crippen LogP contribution in [0.2, 0.25) is 0 Å². The van der Waals surface area contributed by atoms with Crippen LogP contribution < -0.4 is 0 Å². The maximum atomic E-state index is 12.4. The quantitative estimate of drug-likeness (QED) is 0.735. The first-order valence-electron chi connectivity index (χ1n) is 3.49. The van der Waals surface area contributed by atoms with E-state index in [1.54, 1.807) is 0 Å². The van der Waals surface area contributed by atoms with E-state index in [2.05, 4.69) is 0 Å². The molecule has 1 aromatic rings. The van der Waals surface area contributed by atoms with Crippen molar-refractivity contribution < 1.29 is 21.6 Å². The van der Waals surface area contributed by atoms with Crippen LogP contribution in [0.1, 0.15) is 0 Å². The molecule has 0 fully saturated rings. The number of hydrogen-bond donors (Lipinski definition) is 0. The Morgan fingerprint density at radius 1 is 1.29 bits per heavy atom. The van der Waals surface area contributed by atoms with Crippen molar-refractivity contribution in [2.24, 2.45) is 0 Å². The minimum absolute atomic E-state index is 0.0116. The van der Waals surface area contributed by atoms with Crippen molar-refractivity contribution in [3.63, 3.8) is 0 Å². The maximum Gasteiger partial charge on any atom is 0.229 e. The molecule has 80 valence electrons. The number of benzene rings is 1. The monoisotopic (exact) mass is 226 g/mol. The molecule has 1 rings (SSSR count). The molecule has 0 spiro atoms. The van der Waals surface area contributed by atoms with Crippen molar-refractivity contribution in [3.8, 4) is 0 Å². The molecule has 14 heavy (non-hydrogen) atoms. The van der Waals surface area contributed by atoms with Crippen LogP contribution in [0.4, 0.5) is 13.2 Å². The van der Waals surface area contributed by atoms with E-state index in [4.69, 9.17) is 0 Å². The van der Waals surface area contributed by atoms with Crippen molar-refractivity contribution in [3.05, 3.63) is 30.1 Å². The Balaban J connectivity index is 0.000000500. The largest absolute Gasteiger partial charge is 0.229 e. The van der Waals surface area contributed by atoms with E-state index in [1.165, 1.54) is 18.2 Å². The molecule has 0 saturated carbocycles. The SMILES string of the molecule is CS(=O)(=O)c1cccc(F)c1.FCF. The van der Waals surface area contributed by atoms with Crippen LogP contribution in [-0.2, 0) is 9.84 Å². The maximum absolute atomic E-state index is 12.4. The second kappa shape index (κ2) is 5.64. The lowest BCUT2D eigenvalue weighted by Crippen LogP contribution is -1.96. The van der Waals surface area contributed by atoms with Crippen LogP contribution in [0.25, 0.3) is 0 Å². The second-order valence-electron chi connectivity index (χ2n) is 2.33. The Labute approximate surface area is 80.3 Å². The Hall–Kier alpha value is -1.04. The number of halogens is 3. The molecule has 0 saturated heterocycles. The summed E-state index contributed by atoms with van der Waals surface area (Å²) in [4.78, 5) is 0.0116. The molecule has 0 unspecified atom stereocenters. The van der Waals surface area contributed by atoms with Crippen LogP contribution in [0, 0.1) is 5.82 Å². The summed E-state index contributed by atoms with van der Waals surface area (Å²) >= 11 is 0. The van der Waals surface area contributed by atoms with Crippen LogP contribution in [-0.4, -0.2) is 21.6 Å². The average Bonchev–Trinajstić information content (AvgIpc) is 2.04. The predicted octanol–water partition coefficient (Wildman–Crippen LogP) is 2.11. The molecule has 0 aliphatic rings. The smallest absolute Gasteiger partial charge is 0.224 e. The Morgan fingerprint density at radius 3 is 2.07 bits per heavy atom. The van der Waals surface area contributed by atoms with Crippen LogP contribution in [0.15, 0.2) is 29.2 Å². The highest BCUT2D eigenvalue weighted by Gasteiger charge is 2.06. The van der Waals surface area contributed by atoms with Gasteiger partial charge >= 0.3 is 0 Å².